The van der Waals surface area contributed by atoms with Crippen LogP contribution in [0.15, 0.2) is 58.0 Å². The van der Waals surface area contributed by atoms with Crippen LogP contribution in [-0.4, -0.2) is 37.4 Å². The number of nitrogens with one attached hydrogen (secondary N) is 1. The van der Waals surface area contributed by atoms with Crippen LogP contribution in [0.1, 0.15) is 0 Å². The highest BCUT2D eigenvalue weighted by atomic mass is 79.9. The number of benzene rings is 2. The Balaban J connectivity index is 1.79. The van der Waals surface area contributed by atoms with E-state index in [1.165, 1.54) is 0 Å². The second-order valence-corrected chi connectivity index (χ2v) is 5.83. The first-order chi connectivity index (χ1) is 11.6. The Bertz CT molecular complexity index is 677. The highest BCUT2D eigenvalue weighted by Crippen LogP contribution is 2.23. The zero-order chi connectivity index (χ0) is 17.4. The predicted octanol–water partition coefficient (Wildman–Crippen LogP) is 2.62. The molecule has 0 fully saturated rings. The number of nitrogens with zero attached hydrogens (tertiary/aromatic N) is 1. The van der Waals surface area contributed by atoms with Crippen molar-refractivity contribution in [2.45, 2.75) is 6.10 Å². The minimum absolute atomic E-state index is 0.127. The second-order valence-electron chi connectivity index (χ2n) is 4.97. The van der Waals surface area contributed by atoms with E-state index in [1.54, 1.807) is 7.11 Å². The molecule has 7 heteroatoms. The first-order valence-electron chi connectivity index (χ1n) is 7.35. The summed E-state index contributed by atoms with van der Waals surface area (Å²) in [5.41, 5.74) is 6.59. The van der Waals surface area contributed by atoms with Crippen molar-refractivity contribution < 1.29 is 14.6 Å². The molecule has 0 saturated carbocycles. The molecule has 4 N–H and O–H groups in total. The van der Waals surface area contributed by atoms with Crippen LogP contribution in [-0.2, 0) is 0 Å². The SMILES string of the molecule is COc1ccc(NC(N)=NCC(O)COc2ccccc2Br)cc1. The fourth-order valence-corrected chi connectivity index (χ4v) is 2.27. The third kappa shape index (κ3) is 5.75. The topological polar surface area (TPSA) is 89.1 Å². The summed E-state index contributed by atoms with van der Waals surface area (Å²) >= 11 is 3.38. The molecule has 128 valence electrons. The van der Waals surface area contributed by atoms with Gasteiger partial charge in [0.15, 0.2) is 5.96 Å². The van der Waals surface area contributed by atoms with Crippen molar-refractivity contribution in [2.75, 3.05) is 25.6 Å². The van der Waals surface area contributed by atoms with Crippen molar-refractivity contribution in [3.63, 3.8) is 0 Å². The Morgan fingerprint density at radius 2 is 1.96 bits per heavy atom. The van der Waals surface area contributed by atoms with E-state index in [2.05, 4.69) is 26.2 Å². The molecule has 1 atom stereocenters. The Labute approximate surface area is 149 Å². The van der Waals surface area contributed by atoms with E-state index in [0.29, 0.717) is 5.75 Å². The monoisotopic (exact) mass is 393 g/mol. The molecular formula is C17H20BrN3O3. The molecule has 2 aromatic rings. The van der Waals surface area contributed by atoms with Crippen molar-refractivity contribution in [3.05, 3.63) is 53.0 Å². The highest BCUT2D eigenvalue weighted by Gasteiger charge is 2.07. The maximum Gasteiger partial charge on any atom is 0.193 e. The zero-order valence-electron chi connectivity index (χ0n) is 13.3. The first kappa shape index (κ1) is 18.1. The van der Waals surface area contributed by atoms with Gasteiger partial charge >= 0.3 is 0 Å². The number of hydrogen-bond donors (Lipinski definition) is 3. The summed E-state index contributed by atoms with van der Waals surface area (Å²) < 4.78 is 11.5. The predicted molar refractivity (Wildman–Crippen MR) is 98.7 cm³/mol. The quantitative estimate of drug-likeness (QED) is 0.496. The van der Waals surface area contributed by atoms with E-state index >= 15 is 0 Å². The van der Waals surface area contributed by atoms with Gasteiger partial charge in [-0.3, -0.25) is 4.99 Å². The Hall–Kier alpha value is -2.25. The van der Waals surface area contributed by atoms with E-state index in [-0.39, 0.29) is 19.1 Å². The van der Waals surface area contributed by atoms with Gasteiger partial charge in [-0.25, -0.2) is 0 Å². The standard InChI is InChI=1S/C17H20BrN3O3/c1-23-14-8-6-12(7-9-14)21-17(19)20-10-13(22)11-24-16-5-3-2-4-15(16)18/h2-9,13,22H,10-11H2,1H3,(H3,19,20,21). The molecule has 0 radical (unpaired) electrons. The third-order valence-corrected chi connectivity index (χ3v) is 3.76. The number of ether oxygens (including phenoxy) is 2. The Kier molecular flexibility index (Phi) is 6.89. The number of hydrogen-bond acceptors (Lipinski definition) is 4. The molecule has 1 unspecified atom stereocenters. The summed E-state index contributed by atoms with van der Waals surface area (Å²) in [6.07, 6.45) is -0.756. The molecule has 0 aromatic heterocycles. The fraction of sp³-hybridized carbons (Fsp3) is 0.235. The van der Waals surface area contributed by atoms with Crippen LogP contribution in [0.4, 0.5) is 5.69 Å². The summed E-state index contributed by atoms with van der Waals surface area (Å²) in [5, 5.41) is 12.9. The minimum atomic E-state index is -0.756. The molecule has 0 amide bonds. The largest absolute Gasteiger partial charge is 0.497 e. The van der Waals surface area contributed by atoms with Gasteiger partial charge in [0.1, 0.15) is 24.2 Å². The molecular weight excluding hydrogens is 374 g/mol. The van der Waals surface area contributed by atoms with E-state index in [9.17, 15) is 5.11 Å². The average Bonchev–Trinajstić information content (AvgIpc) is 2.60. The third-order valence-electron chi connectivity index (χ3n) is 3.10. The van der Waals surface area contributed by atoms with E-state index in [1.807, 2.05) is 48.5 Å². The van der Waals surface area contributed by atoms with Crippen molar-refractivity contribution in [1.29, 1.82) is 0 Å². The van der Waals surface area contributed by atoms with E-state index in [4.69, 9.17) is 15.2 Å². The summed E-state index contributed by atoms with van der Waals surface area (Å²) in [6, 6.07) is 14.7. The van der Waals surface area contributed by atoms with Gasteiger partial charge in [0.2, 0.25) is 0 Å². The lowest BCUT2D eigenvalue weighted by Gasteiger charge is -2.12. The summed E-state index contributed by atoms with van der Waals surface area (Å²) in [7, 11) is 1.61. The Morgan fingerprint density at radius 3 is 2.62 bits per heavy atom. The minimum Gasteiger partial charge on any atom is -0.497 e. The summed E-state index contributed by atoms with van der Waals surface area (Å²) in [6.45, 7) is 0.265. The van der Waals surface area contributed by atoms with Gasteiger partial charge in [0.25, 0.3) is 0 Å². The van der Waals surface area contributed by atoms with Gasteiger partial charge < -0.3 is 25.6 Å². The Morgan fingerprint density at radius 1 is 1.25 bits per heavy atom. The molecule has 0 aliphatic rings. The van der Waals surface area contributed by atoms with Gasteiger partial charge in [-0.15, -0.1) is 0 Å². The zero-order valence-corrected chi connectivity index (χ0v) is 14.9. The molecule has 0 aliphatic heterocycles. The number of rotatable bonds is 7. The van der Waals surface area contributed by atoms with Crippen LogP contribution >= 0.6 is 15.9 Å². The number of guanidine groups is 1. The maximum absolute atomic E-state index is 9.94. The van der Waals surface area contributed by atoms with Gasteiger partial charge in [-0.2, -0.15) is 0 Å². The van der Waals surface area contributed by atoms with Crippen LogP contribution in [0.2, 0.25) is 0 Å². The lowest BCUT2D eigenvalue weighted by molar-refractivity contribution is 0.114. The summed E-state index contributed by atoms with van der Waals surface area (Å²) in [4.78, 5) is 4.11. The number of aliphatic hydroxyl groups excluding tert-OH is 1. The highest BCUT2D eigenvalue weighted by molar-refractivity contribution is 9.10. The molecule has 0 aliphatic carbocycles. The van der Waals surface area contributed by atoms with E-state index in [0.717, 1.165) is 15.9 Å². The number of aliphatic imine (C=N–C) groups is 1. The molecule has 0 heterocycles. The van der Waals surface area contributed by atoms with Gasteiger partial charge in [0, 0.05) is 5.69 Å². The molecule has 24 heavy (non-hydrogen) atoms. The smallest absolute Gasteiger partial charge is 0.193 e. The number of methoxy groups -OCH3 is 1. The average molecular weight is 394 g/mol. The molecule has 0 bridgehead atoms. The maximum atomic E-state index is 9.94. The molecule has 2 aromatic carbocycles. The number of anilines is 1. The normalized spacial score (nSPS) is 12.5. The van der Waals surface area contributed by atoms with Crippen LogP contribution in [0.25, 0.3) is 0 Å². The van der Waals surface area contributed by atoms with Crippen molar-refractivity contribution in [3.8, 4) is 11.5 Å². The van der Waals surface area contributed by atoms with Crippen molar-refractivity contribution in [1.82, 2.24) is 0 Å². The molecule has 0 saturated heterocycles. The number of halogens is 1. The van der Waals surface area contributed by atoms with Crippen molar-refractivity contribution >= 4 is 27.6 Å². The van der Waals surface area contributed by atoms with E-state index < -0.39 is 6.10 Å². The van der Waals surface area contributed by atoms with Crippen LogP contribution in [0.3, 0.4) is 0 Å². The lowest BCUT2D eigenvalue weighted by Crippen LogP contribution is -2.27. The second kappa shape index (κ2) is 9.14. The lowest BCUT2D eigenvalue weighted by atomic mass is 10.3. The molecule has 0 spiro atoms. The van der Waals surface area contributed by atoms with Gasteiger partial charge in [-0.1, -0.05) is 12.1 Å². The van der Waals surface area contributed by atoms with Crippen LogP contribution in [0.5, 0.6) is 11.5 Å². The molecule has 2 rings (SSSR count). The summed E-state index contributed by atoms with van der Waals surface area (Å²) in [5.74, 6) is 1.65. The number of para-hydroxylation sites is 1. The number of nitrogens with two attached hydrogens (primary N) is 1. The molecule has 6 nitrogen and oxygen atoms in total. The first-order valence-corrected chi connectivity index (χ1v) is 8.14. The number of aliphatic hydroxyl groups is 1. The van der Waals surface area contributed by atoms with Crippen molar-refractivity contribution in [2.24, 2.45) is 10.7 Å². The van der Waals surface area contributed by atoms with Gasteiger partial charge in [-0.05, 0) is 52.3 Å². The van der Waals surface area contributed by atoms with Crippen LogP contribution in [0, 0.1) is 0 Å². The van der Waals surface area contributed by atoms with Gasteiger partial charge in [0.05, 0.1) is 18.1 Å². The fourth-order valence-electron chi connectivity index (χ4n) is 1.87. The van der Waals surface area contributed by atoms with Crippen LogP contribution < -0.4 is 20.5 Å².